The van der Waals surface area contributed by atoms with E-state index in [-0.39, 0.29) is 6.10 Å². The molecule has 3 aromatic rings. The first kappa shape index (κ1) is 33.0. The number of carboxylic acids is 1. The van der Waals surface area contributed by atoms with Gasteiger partial charge in [-0.15, -0.1) is 0 Å². The lowest BCUT2D eigenvalue weighted by Crippen LogP contribution is -2.44. The lowest BCUT2D eigenvalue weighted by molar-refractivity contribution is -0.144. The number of nitrogens with zero attached hydrogens (tertiary/aromatic N) is 2. The largest absolute Gasteiger partial charge is 0.496 e. The highest BCUT2D eigenvalue weighted by atomic mass is 35.5. The average molecular weight is 633 g/mol. The van der Waals surface area contributed by atoms with Gasteiger partial charge in [-0.3, -0.25) is 9.69 Å². The summed E-state index contributed by atoms with van der Waals surface area (Å²) in [5, 5.41) is 20.0. The number of carboxylic acid groups (broad SMARTS) is 1. The van der Waals surface area contributed by atoms with Crippen LogP contribution in [0.4, 0.5) is 0 Å². The van der Waals surface area contributed by atoms with E-state index in [9.17, 15) is 15.0 Å². The number of ether oxygens (including phenoxy) is 2. The summed E-state index contributed by atoms with van der Waals surface area (Å²) in [7, 11) is 1.64. The number of hydrogen-bond donors (Lipinski definition) is 2. The van der Waals surface area contributed by atoms with E-state index in [0.29, 0.717) is 30.3 Å². The minimum atomic E-state index is -0.776. The van der Waals surface area contributed by atoms with E-state index < -0.39 is 12.0 Å². The third kappa shape index (κ3) is 8.08. The van der Waals surface area contributed by atoms with Crippen LogP contribution in [0.25, 0.3) is 23.3 Å². The molecule has 2 N–H and O–H groups in total. The summed E-state index contributed by atoms with van der Waals surface area (Å²) in [6.45, 7) is 8.76. The molecule has 8 heteroatoms. The van der Waals surface area contributed by atoms with Gasteiger partial charge in [0.05, 0.1) is 19.8 Å². The molecule has 0 spiro atoms. The normalized spacial score (nSPS) is 19.3. The number of hydrogen-bond acceptors (Lipinski definition) is 6. The van der Waals surface area contributed by atoms with Crippen molar-refractivity contribution in [2.24, 2.45) is 0 Å². The number of piperidine rings is 1. The summed E-state index contributed by atoms with van der Waals surface area (Å²) in [6.07, 6.45) is 8.25. The summed E-state index contributed by atoms with van der Waals surface area (Å²) in [4.78, 5) is 16.1. The fourth-order valence-electron chi connectivity index (χ4n) is 6.58. The van der Waals surface area contributed by atoms with Crippen molar-refractivity contribution in [3.63, 3.8) is 0 Å². The number of rotatable bonds is 12. The maximum absolute atomic E-state index is 11.8. The van der Waals surface area contributed by atoms with Crippen molar-refractivity contribution in [1.29, 1.82) is 0 Å². The van der Waals surface area contributed by atoms with Gasteiger partial charge in [0.15, 0.2) is 0 Å². The molecule has 0 aromatic heterocycles. The Morgan fingerprint density at radius 3 is 2.47 bits per heavy atom. The van der Waals surface area contributed by atoms with Crippen molar-refractivity contribution in [3.05, 3.63) is 81.4 Å². The molecule has 2 aliphatic rings. The molecular weight excluding hydrogens is 588 g/mol. The Balaban J connectivity index is 1.30. The average Bonchev–Trinajstić information content (AvgIpc) is 3.45. The summed E-state index contributed by atoms with van der Waals surface area (Å²) in [5.41, 5.74) is 7.38. The van der Waals surface area contributed by atoms with Crippen LogP contribution in [0, 0.1) is 13.8 Å². The van der Waals surface area contributed by atoms with Gasteiger partial charge in [0.25, 0.3) is 0 Å². The first-order valence-electron chi connectivity index (χ1n) is 16.0. The zero-order chi connectivity index (χ0) is 31.9. The van der Waals surface area contributed by atoms with Crippen LogP contribution in [-0.2, 0) is 11.3 Å². The molecule has 3 aromatic carbocycles. The van der Waals surface area contributed by atoms with Crippen molar-refractivity contribution in [2.75, 3.05) is 39.9 Å². The van der Waals surface area contributed by atoms with Crippen LogP contribution in [-0.4, -0.2) is 78.0 Å². The zero-order valence-corrected chi connectivity index (χ0v) is 27.4. The topological polar surface area (TPSA) is 82.5 Å². The first-order valence-corrected chi connectivity index (χ1v) is 16.4. The maximum atomic E-state index is 11.8. The molecule has 2 atom stereocenters. The molecule has 0 aliphatic carbocycles. The Morgan fingerprint density at radius 2 is 1.73 bits per heavy atom. The molecule has 5 rings (SSSR count). The molecule has 2 heterocycles. The number of aliphatic hydroxyl groups is 1. The molecule has 0 saturated carbocycles. The number of β-amino-alcohol motifs (C(OH)–C–C–N with tert-alkyl or cyclic N) is 1. The number of aliphatic hydroxyl groups excluding tert-OH is 1. The predicted molar refractivity (Wildman–Crippen MR) is 181 cm³/mol. The number of methoxy groups -OCH3 is 1. The van der Waals surface area contributed by atoms with Gasteiger partial charge >= 0.3 is 5.97 Å². The highest BCUT2D eigenvalue weighted by Gasteiger charge is 2.29. The Morgan fingerprint density at radius 1 is 0.978 bits per heavy atom. The minimum Gasteiger partial charge on any atom is -0.496 e. The molecule has 7 nitrogen and oxygen atoms in total. The second kappa shape index (κ2) is 15.3. The predicted octanol–water partition coefficient (Wildman–Crippen LogP) is 7.08. The maximum Gasteiger partial charge on any atom is 0.320 e. The summed E-state index contributed by atoms with van der Waals surface area (Å²) in [6, 6.07) is 15.9. The standard InChI is InChI=1S/C37H45ClN2O5/c1-25-27(14-15-28-22-36(44-3)29(21-33(28)38)23-40-18-5-4-12-34(40)37(42)43)9-6-10-31(25)32-11-7-13-35(26(32)2)45-20-8-17-39-19-16-30(41)24-39/h6-7,9-11,13-15,21-22,30,34,41H,4-5,8,12,16-20,23-24H2,1-3H3,(H,42,43)/b15-14+. The Labute approximate surface area is 272 Å². The van der Waals surface area contributed by atoms with E-state index in [2.05, 4.69) is 49.1 Å². The van der Waals surface area contributed by atoms with Crippen LogP contribution in [0.15, 0.2) is 48.5 Å². The van der Waals surface area contributed by atoms with Gasteiger partial charge in [0, 0.05) is 36.8 Å². The summed E-state index contributed by atoms with van der Waals surface area (Å²) < 4.78 is 11.9. The number of benzene rings is 3. The van der Waals surface area contributed by atoms with Gasteiger partial charge in [-0.05, 0) is 97.7 Å². The third-order valence-electron chi connectivity index (χ3n) is 9.19. The monoisotopic (exact) mass is 632 g/mol. The highest BCUT2D eigenvalue weighted by Crippen LogP contribution is 2.35. The van der Waals surface area contributed by atoms with E-state index in [1.807, 2.05) is 35.2 Å². The molecular formula is C37H45ClN2O5. The fourth-order valence-corrected chi connectivity index (χ4v) is 6.83. The van der Waals surface area contributed by atoms with E-state index >= 15 is 0 Å². The van der Waals surface area contributed by atoms with Gasteiger partial charge < -0.3 is 24.6 Å². The molecule has 2 unspecified atom stereocenters. The first-order chi connectivity index (χ1) is 21.7. The van der Waals surface area contributed by atoms with Gasteiger partial charge in [-0.2, -0.15) is 0 Å². The smallest absolute Gasteiger partial charge is 0.320 e. The van der Waals surface area contributed by atoms with Crippen molar-refractivity contribution in [3.8, 4) is 22.6 Å². The van der Waals surface area contributed by atoms with Crippen LogP contribution in [0.3, 0.4) is 0 Å². The molecule has 0 bridgehead atoms. The van der Waals surface area contributed by atoms with Gasteiger partial charge in [0.1, 0.15) is 17.5 Å². The Kier molecular flexibility index (Phi) is 11.2. The fraction of sp³-hybridized carbons (Fsp3) is 0.432. The number of likely N-dealkylation sites (tertiary alicyclic amines) is 2. The van der Waals surface area contributed by atoms with Crippen LogP contribution in [0.5, 0.6) is 11.5 Å². The number of carbonyl (C=O) groups is 1. The third-order valence-corrected chi connectivity index (χ3v) is 9.52. The van der Waals surface area contributed by atoms with E-state index in [0.717, 1.165) is 96.6 Å². The molecule has 240 valence electrons. The van der Waals surface area contributed by atoms with Gasteiger partial charge in [0.2, 0.25) is 0 Å². The lowest BCUT2D eigenvalue weighted by atomic mass is 9.93. The van der Waals surface area contributed by atoms with Crippen molar-refractivity contribution in [1.82, 2.24) is 9.80 Å². The molecule has 2 saturated heterocycles. The van der Waals surface area contributed by atoms with Crippen LogP contribution < -0.4 is 9.47 Å². The molecule has 45 heavy (non-hydrogen) atoms. The van der Waals surface area contributed by atoms with E-state index in [1.165, 1.54) is 0 Å². The van der Waals surface area contributed by atoms with Crippen molar-refractivity contribution in [2.45, 2.75) is 64.6 Å². The van der Waals surface area contributed by atoms with Gasteiger partial charge in [-0.25, -0.2) is 0 Å². The Bertz CT molecular complexity index is 1520. The zero-order valence-electron chi connectivity index (χ0n) is 26.6. The minimum absolute atomic E-state index is 0.191. The number of halogens is 1. The summed E-state index contributed by atoms with van der Waals surface area (Å²) >= 11 is 6.77. The second-order valence-corrected chi connectivity index (χ2v) is 12.6. The Hall–Kier alpha value is -3.36. The SMILES string of the molecule is COc1cc(/C=C/c2cccc(-c3cccc(OCCCN4CCC(O)C4)c3C)c2C)c(Cl)cc1CN1CCCCC1C(=O)O. The van der Waals surface area contributed by atoms with Crippen molar-refractivity contribution >= 4 is 29.7 Å². The van der Waals surface area contributed by atoms with Gasteiger partial charge in [-0.1, -0.05) is 60.5 Å². The summed E-state index contributed by atoms with van der Waals surface area (Å²) in [5.74, 6) is 0.818. The van der Waals surface area contributed by atoms with E-state index in [4.69, 9.17) is 21.1 Å². The van der Waals surface area contributed by atoms with Crippen molar-refractivity contribution < 1.29 is 24.5 Å². The molecule has 0 radical (unpaired) electrons. The lowest BCUT2D eigenvalue weighted by Gasteiger charge is -2.33. The van der Waals surface area contributed by atoms with Crippen LogP contribution in [0.2, 0.25) is 5.02 Å². The molecule has 0 amide bonds. The molecule has 2 aliphatic heterocycles. The van der Waals surface area contributed by atoms with Crippen LogP contribution >= 0.6 is 11.6 Å². The van der Waals surface area contributed by atoms with E-state index in [1.54, 1.807) is 7.11 Å². The number of aliphatic carboxylic acids is 1. The second-order valence-electron chi connectivity index (χ2n) is 12.2. The van der Waals surface area contributed by atoms with Crippen LogP contribution in [0.1, 0.15) is 59.9 Å². The molecule has 2 fully saturated rings. The highest BCUT2D eigenvalue weighted by molar-refractivity contribution is 6.32. The quantitative estimate of drug-likeness (QED) is 0.163.